The standard InChI is InChI=1S/C12H21N3O2.ClH/c1-15-8-9(5-6-11(15)16)14-12(17)10-4-2-3-7-13-10;/h9-10,13H,2-8H2,1H3,(H,14,17);1H. The Morgan fingerprint density at radius 2 is 2.17 bits per heavy atom. The van der Waals surface area contributed by atoms with Crippen molar-refractivity contribution in [3.63, 3.8) is 0 Å². The van der Waals surface area contributed by atoms with Gasteiger partial charge in [0.25, 0.3) is 0 Å². The number of carbonyl (C=O) groups is 2. The molecular weight excluding hydrogens is 254 g/mol. The van der Waals surface area contributed by atoms with Crippen LogP contribution in [0.4, 0.5) is 0 Å². The van der Waals surface area contributed by atoms with Gasteiger partial charge in [0.15, 0.2) is 0 Å². The number of carbonyl (C=O) groups excluding carboxylic acids is 2. The first-order chi connectivity index (χ1) is 8.16. The van der Waals surface area contributed by atoms with E-state index < -0.39 is 0 Å². The van der Waals surface area contributed by atoms with Crippen molar-refractivity contribution in [1.82, 2.24) is 15.5 Å². The molecule has 6 heteroatoms. The van der Waals surface area contributed by atoms with Gasteiger partial charge in [-0.3, -0.25) is 9.59 Å². The molecule has 0 aromatic rings. The number of likely N-dealkylation sites (N-methyl/N-ethyl adjacent to an activating group) is 1. The smallest absolute Gasteiger partial charge is 0.237 e. The number of likely N-dealkylation sites (tertiary alicyclic amines) is 1. The van der Waals surface area contributed by atoms with Gasteiger partial charge in [-0.2, -0.15) is 0 Å². The van der Waals surface area contributed by atoms with Gasteiger partial charge >= 0.3 is 0 Å². The van der Waals surface area contributed by atoms with Crippen LogP contribution in [0.2, 0.25) is 0 Å². The topological polar surface area (TPSA) is 61.4 Å². The summed E-state index contributed by atoms with van der Waals surface area (Å²) in [4.78, 5) is 25.0. The number of piperidine rings is 2. The van der Waals surface area contributed by atoms with Crippen LogP contribution in [0.25, 0.3) is 0 Å². The molecule has 2 N–H and O–H groups in total. The highest BCUT2D eigenvalue weighted by Gasteiger charge is 2.27. The minimum Gasteiger partial charge on any atom is -0.350 e. The summed E-state index contributed by atoms with van der Waals surface area (Å²) in [5.41, 5.74) is 0. The SMILES string of the molecule is CN1CC(NC(=O)C2CCCCN2)CCC1=O.Cl. The summed E-state index contributed by atoms with van der Waals surface area (Å²) in [7, 11) is 1.79. The van der Waals surface area contributed by atoms with Crippen molar-refractivity contribution in [1.29, 1.82) is 0 Å². The van der Waals surface area contributed by atoms with Gasteiger partial charge in [-0.05, 0) is 25.8 Å². The molecule has 0 spiro atoms. The Bertz CT molecular complexity index is 306. The molecule has 0 saturated carbocycles. The third-order valence-electron chi connectivity index (χ3n) is 3.60. The maximum absolute atomic E-state index is 12.0. The van der Waals surface area contributed by atoms with Gasteiger partial charge < -0.3 is 15.5 Å². The lowest BCUT2D eigenvalue weighted by molar-refractivity contribution is -0.134. The van der Waals surface area contributed by atoms with Crippen LogP contribution < -0.4 is 10.6 Å². The fourth-order valence-corrected chi connectivity index (χ4v) is 2.51. The molecule has 0 aromatic carbocycles. The summed E-state index contributed by atoms with van der Waals surface area (Å²) in [6.07, 6.45) is 4.51. The molecule has 0 aromatic heterocycles. The monoisotopic (exact) mass is 275 g/mol. The molecule has 0 bridgehead atoms. The minimum atomic E-state index is -0.0355. The molecular formula is C12H22ClN3O2. The molecule has 104 valence electrons. The van der Waals surface area contributed by atoms with Crippen molar-refractivity contribution in [3.05, 3.63) is 0 Å². The molecule has 0 aliphatic carbocycles. The van der Waals surface area contributed by atoms with Gasteiger partial charge in [0.1, 0.15) is 0 Å². The van der Waals surface area contributed by atoms with E-state index in [1.165, 1.54) is 0 Å². The summed E-state index contributed by atoms with van der Waals surface area (Å²) in [5, 5.41) is 6.28. The fourth-order valence-electron chi connectivity index (χ4n) is 2.51. The Balaban J connectivity index is 0.00000162. The van der Waals surface area contributed by atoms with Gasteiger partial charge in [0.2, 0.25) is 11.8 Å². The molecule has 5 nitrogen and oxygen atoms in total. The molecule has 2 aliphatic heterocycles. The molecule has 2 amide bonds. The highest BCUT2D eigenvalue weighted by Crippen LogP contribution is 2.11. The first-order valence-corrected chi connectivity index (χ1v) is 6.44. The number of amides is 2. The quantitative estimate of drug-likeness (QED) is 0.761. The summed E-state index contributed by atoms with van der Waals surface area (Å²) in [6.45, 7) is 1.57. The van der Waals surface area contributed by atoms with Crippen LogP contribution in [0.1, 0.15) is 32.1 Å². The molecule has 2 unspecified atom stereocenters. The van der Waals surface area contributed by atoms with E-state index in [1.807, 2.05) is 0 Å². The lowest BCUT2D eigenvalue weighted by Crippen LogP contribution is -2.54. The number of nitrogens with zero attached hydrogens (tertiary/aromatic N) is 1. The second-order valence-corrected chi connectivity index (χ2v) is 5.02. The zero-order valence-corrected chi connectivity index (χ0v) is 11.6. The van der Waals surface area contributed by atoms with E-state index in [4.69, 9.17) is 0 Å². The Labute approximate surface area is 114 Å². The van der Waals surface area contributed by atoms with Crippen LogP contribution in [0.15, 0.2) is 0 Å². The van der Waals surface area contributed by atoms with Crippen molar-refractivity contribution < 1.29 is 9.59 Å². The number of rotatable bonds is 2. The van der Waals surface area contributed by atoms with Crippen molar-refractivity contribution >= 4 is 24.2 Å². The molecule has 18 heavy (non-hydrogen) atoms. The van der Waals surface area contributed by atoms with Crippen molar-refractivity contribution in [2.75, 3.05) is 20.1 Å². The third kappa shape index (κ3) is 3.85. The van der Waals surface area contributed by atoms with Gasteiger partial charge in [-0.25, -0.2) is 0 Å². The van der Waals surface area contributed by atoms with E-state index in [0.29, 0.717) is 13.0 Å². The maximum Gasteiger partial charge on any atom is 0.237 e. The van der Waals surface area contributed by atoms with Crippen molar-refractivity contribution in [2.45, 2.75) is 44.2 Å². The van der Waals surface area contributed by atoms with Crippen LogP contribution in [-0.2, 0) is 9.59 Å². The van der Waals surface area contributed by atoms with Gasteiger partial charge in [0, 0.05) is 26.1 Å². The summed E-state index contributed by atoms with van der Waals surface area (Å²) < 4.78 is 0. The molecule has 2 heterocycles. The van der Waals surface area contributed by atoms with Gasteiger partial charge in [-0.15, -0.1) is 12.4 Å². The third-order valence-corrected chi connectivity index (χ3v) is 3.60. The molecule has 2 aliphatic rings. The lowest BCUT2D eigenvalue weighted by Gasteiger charge is -2.32. The zero-order chi connectivity index (χ0) is 12.3. The second-order valence-electron chi connectivity index (χ2n) is 5.02. The highest BCUT2D eigenvalue weighted by molar-refractivity contribution is 5.85. The van der Waals surface area contributed by atoms with E-state index in [9.17, 15) is 9.59 Å². The van der Waals surface area contributed by atoms with E-state index in [0.717, 1.165) is 32.2 Å². The zero-order valence-electron chi connectivity index (χ0n) is 10.8. The molecule has 0 radical (unpaired) electrons. The second kappa shape index (κ2) is 6.95. The Kier molecular flexibility index (Phi) is 5.88. The van der Waals surface area contributed by atoms with Crippen LogP contribution in [0.3, 0.4) is 0 Å². The Hall–Kier alpha value is -0.810. The average molecular weight is 276 g/mol. The predicted octanol–water partition coefficient (Wildman–Crippen LogP) is 0.287. The van der Waals surface area contributed by atoms with Gasteiger partial charge in [-0.1, -0.05) is 6.42 Å². The number of nitrogens with one attached hydrogen (secondary N) is 2. The predicted molar refractivity (Wildman–Crippen MR) is 71.7 cm³/mol. The normalized spacial score (nSPS) is 28.5. The number of halogens is 1. The summed E-state index contributed by atoms with van der Waals surface area (Å²) in [6, 6.07) is 0.0839. The van der Waals surface area contributed by atoms with Gasteiger partial charge in [0.05, 0.1) is 6.04 Å². The van der Waals surface area contributed by atoms with Crippen LogP contribution in [-0.4, -0.2) is 48.9 Å². The average Bonchev–Trinajstić information content (AvgIpc) is 2.35. The maximum atomic E-state index is 12.0. The van der Waals surface area contributed by atoms with Crippen LogP contribution in [0, 0.1) is 0 Å². The number of hydrogen-bond donors (Lipinski definition) is 2. The van der Waals surface area contributed by atoms with Crippen LogP contribution in [0.5, 0.6) is 0 Å². The Morgan fingerprint density at radius 1 is 1.39 bits per heavy atom. The summed E-state index contributed by atoms with van der Waals surface area (Å²) in [5.74, 6) is 0.267. The largest absolute Gasteiger partial charge is 0.350 e. The first kappa shape index (κ1) is 15.2. The van der Waals surface area contributed by atoms with E-state index in [1.54, 1.807) is 11.9 Å². The first-order valence-electron chi connectivity index (χ1n) is 6.44. The minimum absolute atomic E-state index is 0. The van der Waals surface area contributed by atoms with Crippen LogP contribution >= 0.6 is 12.4 Å². The van der Waals surface area contributed by atoms with Crippen molar-refractivity contribution in [3.8, 4) is 0 Å². The highest BCUT2D eigenvalue weighted by atomic mass is 35.5. The molecule has 2 fully saturated rings. The Morgan fingerprint density at radius 3 is 2.78 bits per heavy atom. The lowest BCUT2D eigenvalue weighted by atomic mass is 10.0. The van der Waals surface area contributed by atoms with E-state index in [-0.39, 0.29) is 36.3 Å². The molecule has 2 saturated heterocycles. The van der Waals surface area contributed by atoms with Crippen molar-refractivity contribution in [2.24, 2.45) is 0 Å². The molecule has 2 rings (SSSR count). The number of hydrogen-bond acceptors (Lipinski definition) is 3. The molecule has 2 atom stereocenters. The van der Waals surface area contributed by atoms with E-state index >= 15 is 0 Å². The summed E-state index contributed by atoms with van der Waals surface area (Å²) >= 11 is 0. The van der Waals surface area contributed by atoms with E-state index in [2.05, 4.69) is 10.6 Å². The fraction of sp³-hybridized carbons (Fsp3) is 0.833.